The molecule has 0 radical (unpaired) electrons. The molecule has 0 N–H and O–H groups in total. The first-order valence-electron chi connectivity index (χ1n) is 13.9. The van der Waals surface area contributed by atoms with E-state index in [1.165, 1.54) is 0 Å². The third-order valence-electron chi connectivity index (χ3n) is 7.51. The van der Waals surface area contributed by atoms with Crippen LogP contribution in [0.3, 0.4) is 0 Å². The zero-order valence-electron chi connectivity index (χ0n) is 23.8. The Hall–Kier alpha value is -4.44. The van der Waals surface area contributed by atoms with Crippen LogP contribution in [0.5, 0.6) is 11.5 Å². The molecule has 0 fully saturated rings. The molecular weight excluding hydrogens is 494 g/mol. The molecule has 0 aliphatic carbocycles. The normalized spacial score (nSPS) is 11.8. The fraction of sp³-hybridized carbons (Fsp3) is 0.222. The van der Waals surface area contributed by atoms with E-state index in [4.69, 9.17) is 14.5 Å². The minimum Gasteiger partial charge on any atom is -0.489 e. The Balaban J connectivity index is 1.54. The van der Waals surface area contributed by atoms with Crippen LogP contribution in [0.25, 0.3) is 22.2 Å². The Kier molecular flexibility index (Phi) is 7.97. The van der Waals surface area contributed by atoms with E-state index in [2.05, 4.69) is 19.9 Å². The van der Waals surface area contributed by atoms with E-state index in [1.54, 1.807) is 0 Å². The number of benzene rings is 4. The van der Waals surface area contributed by atoms with Gasteiger partial charge in [-0.1, -0.05) is 74.0 Å². The molecule has 4 nitrogen and oxygen atoms in total. The first kappa shape index (κ1) is 27.1. The van der Waals surface area contributed by atoms with Gasteiger partial charge in [-0.05, 0) is 91.8 Å². The molecule has 1 aromatic heterocycles. The van der Waals surface area contributed by atoms with E-state index in [0.29, 0.717) is 17.9 Å². The number of carbonyl (C=O) groups excluding carboxylic acids is 1. The van der Waals surface area contributed by atoms with Crippen molar-refractivity contribution >= 4 is 16.9 Å². The molecule has 4 aromatic carbocycles. The molecular formula is C36H35NO3. The zero-order valence-corrected chi connectivity index (χ0v) is 23.8. The third-order valence-corrected chi connectivity index (χ3v) is 7.51. The highest BCUT2D eigenvalue weighted by Crippen LogP contribution is 2.35. The lowest BCUT2D eigenvalue weighted by Gasteiger charge is -2.18. The van der Waals surface area contributed by atoms with Crippen molar-refractivity contribution in [3.63, 3.8) is 0 Å². The minimum absolute atomic E-state index is 0.280. The van der Waals surface area contributed by atoms with Gasteiger partial charge in [-0.3, -0.25) is 0 Å². The van der Waals surface area contributed by atoms with Crippen LogP contribution in [0.2, 0.25) is 0 Å². The van der Waals surface area contributed by atoms with Crippen molar-refractivity contribution in [2.45, 2.75) is 53.6 Å². The molecule has 40 heavy (non-hydrogen) atoms. The van der Waals surface area contributed by atoms with Crippen molar-refractivity contribution in [1.29, 1.82) is 0 Å². The van der Waals surface area contributed by atoms with Crippen LogP contribution in [0.1, 0.15) is 64.4 Å². The van der Waals surface area contributed by atoms with Crippen molar-refractivity contribution in [3.05, 3.63) is 124 Å². The zero-order chi connectivity index (χ0) is 28.2. The van der Waals surface area contributed by atoms with Gasteiger partial charge >= 0.3 is 5.97 Å². The number of rotatable bonds is 8. The lowest BCUT2D eigenvalue weighted by Crippen LogP contribution is -2.14. The van der Waals surface area contributed by atoms with Gasteiger partial charge in [0, 0.05) is 10.9 Å². The second-order valence-corrected chi connectivity index (χ2v) is 10.5. The fourth-order valence-corrected chi connectivity index (χ4v) is 5.16. The standard InChI is InChI=1S/C36H35NO3/c1-6-24(3)30-14-10-11-15-32(30)40-36(38)33-26(5)35(37-34-25(4)20-23(2)21-31(33)34)28-16-18-29(19-17-28)39-22-27-12-8-7-9-13-27/h7-21,24H,6,22H2,1-5H3. The summed E-state index contributed by atoms with van der Waals surface area (Å²) in [5.74, 6) is 1.30. The smallest absolute Gasteiger partial charge is 0.344 e. The number of aryl methyl sites for hydroxylation is 2. The van der Waals surface area contributed by atoms with Crippen molar-refractivity contribution in [2.24, 2.45) is 0 Å². The number of aromatic nitrogens is 1. The minimum atomic E-state index is -0.366. The summed E-state index contributed by atoms with van der Waals surface area (Å²) in [7, 11) is 0. The van der Waals surface area contributed by atoms with Crippen LogP contribution in [0.4, 0.5) is 0 Å². The van der Waals surface area contributed by atoms with E-state index in [0.717, 1.165) is 62.1 Å². The largest absolute Gasteiger partial charge is 0.489 e. The fourth-order valence-electron chi connectivity index (χ4n) is 5.16. The van der Waals surface area contributed by atoms with Gasteiger partial charge in [-0.25, -0.2) is 9.78 Å². The number of hydrogen-bond acceptors (Lipinski definition) is 4. The number of ether oxygens (including phenoxy) is 2. The maximum Gasteiger partial charge on any atom is 0.344 e. The highest BCUT2D eigenvalue weighted by Gasteiger charge is 2.23. The molecule has 0 amide bonds. The second kappa shape index (κ2) is 11.7. The molecule has 1 unspecified atom stereocenters. The Bertz CT molecular complexity index is 1660. The van der Waals surface area contributed by atoms with Crippen molar-refractivity contribution in [1.82, 2.24) is 4.98 Å². The second-order valence-electron chi connectivity index (χ2n) is 10.5. The van der Waals surface area contributed by atoms with Crippen LogP contribution in [-0.2, 0) is 6.61 Å². The van der Waals surface area contributed by atoms with E-state index >= 15 is 0 Å². The molecule has 1 heterocycles. The monoisotopic (exact) mass is 529 g/mol. The summed E-state index contributed by atoms with van der Waals surface area (Å²) >= 11 is 0. The van der Waals surface area contributed by atoms with Gasteiger partial charge in [0.25, 0.3) is 0 Å². The highest BCUT2D eigenvalue weighted by molar-refractivity contribution is 6.08. The Morgan fingerprint density at radius 1 is 0.875 bits per heavy atom. The quantitative estimate of drug-likeness (QED) is 0.149. The summed E-state index contributed by atoms with van der Waals surface area (Å²) < 4.78 is 12.1. The van der Waals surface area contributed by atoms with E-state index < -0.39 is 0 Å². The average molecular weight is 530 g/mol. The summed E-state index contributed by atoms with van der Waals surface area (Å²) in [6.45, 7) is 10.8. The summed E-state index contributed by atoms with van der Waals surface area (Å²) in [6.07, 6.45) is 0.958. The van der Waals surface area contributed by atoms with Crippen LogP contribution < -0.4 is 9.47 Å². The number of esters is 1. The molecule has 5 rings (SSSR count). The van der Waals surface area contributed by atoms with Gasteiger partial charge in [0.1, 0.15) is 18.1 Å². The predicted octanol–water partition coefficient (Wildman–Crippen LogP) is 9.14. The summed E-state index contributed by atoms with van der Waals surface area (Å²) in [5, 5.41) is 0.813. The number of pyridine rings is 1. The Labute approximate surface area is 236 Å². The van der Waals surface area contributed by atoms with Gasteiger partial charge in [0.05, 0.1) is 16.8 Å². The number of para-hydroxylation sites is 1. The van der Waals surface area contributed by atoms with Crippen LogP contribution in [0, 0.1) is 20.8 Å². The topological polar surface area (TPSA) is 48.4 Å². The lowest BCUT2D eigenvalue weighted by molar-refractivity contribution is 0.0734. The van der Waals surface area contributed by atoms with Gasteiger partial charge in [-0.15, -0.1) is 0 Å². The van der Waals surface area contributed by atoms with Crippen molar-refractivity contribution < 1.29 is 14.3 Å². The number of fused-ring (bicyclic) bond motifs is 1. The SMILES string of the molecule is CCC(C)c1ccccc1OC(=O)c1c(C)c(-c2ccc(OCc3ccccc3)cc2)nc2c(C)cc(C)cc12. The van der Waals surface area contributed by atoms with Crippen LogP contribution in [-0.4, -0.2) is 11.0 Å². The molecule has 1 atom stereocenters. The maximum absolute atomic E-state index is 13.9. The van der Waals surface area contributed by atoms with Crippen molar-refractivity contribution in [3.8, 4) is 22.8 Å². The third kappa shape index (κ3) is 5.62. The van der Waals surface area contributed by atoms with Gasteiger partial charge in [-0.2, -0.15) is 0 Å². The number of carbonyl (C=O) groups is 1. The summed E-state index contributed by atoms with van der Waals surface area (Å²) in [4.78, 5) is 19.0. The van der Waals surface area contributed by atoms with E-state index in [1.807, 2.05) is 106 Å². The van der Waals surface area contributed by atoms with Gasteiger partial charge < -0.3 is 9.47 Å². The first-order chi connectivity index (χ1) is 19.4. The van der Waals surface area contributed by atoms with Crippen LogP contribution in [0.15, 0.2) is 91.0 Å². The maximum atomic E-state index is 13.9. The van der Waals surface area contributed by atoms with E-state index in [-0.39, 0.29) is 11.9 Å². The van der Waals surface area contributed by atoms with Gasteiger partial charge in [0.2, 0.25) is 0 Å². The summed E-state index contributed by atoms with van der Waals surface area (Å²) in [5.41, 5.74) is 8.07. The molecule has 0 bridgehead atoms. The molecule has 4 heteroatoms. The average Bonchev–Trinajstić information content (AvgIpc) is 2.96. The highest BCUT2D eigenvalue weighted by atomic mass is 16.5. The molecule has 0 spiro atoms. The lowest BCUT2D eigenvalue weighted by atomic mass is 9.95. The Morgan fingerprint density at radius 3 is 2.30 bits per heavy atom. The number of hydrogen-bond donors (Lipinski definition) is 0. The van der Waals surface area contributed by atoms with Crippen LogP contribution >= 0.6 is 0 Å². The first-order valence-corrected chi connectivity index (χ1v) is 13.9. The van der Waals surface area contributed by atoms with Gasteiger partial charge in [0.15, 0.2) is 0 Å². The Morgan fingerprint density at radius 2 is 1.57 bits per heavy atom. The number of nitrogens with zero attached hydrogens (tertiary/aromatic N) is 1. The molecule has 0 aliphatic rings. The molecule has 0 saturated heterocycles. The van der Waals surface area contributed by atoms with E-state index in [9.17, 15) is 4.79 Å². The van der Waals surface area contributed by atoms with Crippen molar-refractivity contribution in [2.75, 3.05) is 0 Å². The molecule has 5 aromatic rings. The molecule has 0 aliphatic heterocycles. The molecule has 0 saturated carbocycles. The molecule has 202 valence electrons. The summed E-state index contributed by atoms with van der Waals surface area (Å²) in [6, 6.07) is 29.9. The predicted molar refractivity (Wildman–Crippen MR) is 162 cm³/mol.